The standard InChI is InChI=1S/C12H13N3O2S2/c1-8-14-15-12(18-8)13-11(16)10-5-3-4-9(6-10)7-19(2)17/h3-6H,7H2,1-2H3,(H,13,15,16). The second-order valence-electron chi connectivity index (χ2n) is 4.00. The molecule has 0 fully saturated rings. The molecule has 0 spiro atoms. The Hall–Kier alpha value is -1.60. The van der Waals surface area contributed by atoms with Gasteiger partial charge in [0, 0.05) is 28.4 Å². The molecule has 0 aliphatic heterocycles. The summed E-state index contributed by atoms with van der Waals surface area (Å²) >= 11 is 1.32. The Balaban J connectivity index is 2.12. The van der Waals surface area contributed by atoms with Gasteiger partial charge in [-0.15, -0.1) is 10.2 Å². The minimum atomic E-state index is -0.925. The van der Waals surface area contributed by atoms with Gasteiger partial charge in [-0.3, -0.25) is 14.3 Å². The van der Waals surface area contributed by atoms with Gasteiger partial charge in [0.2, 0.25) is 5.13 Å². The average Bonchev–Trinajstić information content (AvgIpc) is 2.74. The molecule has 0 saturated carbocycles. The number of nitrogens with zero attached hydrogens (tertiary/aromatic N) is 2. The monoisotopic (exact) mass is 295 g/mol. The minimum absolute atomic E-state index is 0.236. The number of carbonyl (C=O) groups excluding carboxylic acids is 1. The predicted molar refractivity (Wildman–Crippen MR) is 76.8 cm³/mol. The van der Waals surface area contributed by atoms with Crippen LogP contribution in [-0.4, -0.2) is 26.6 Å². The number of aromatic nitrogens is 2. The number of anilines is 1. The first-order valence-electron chi connectivity index (χ1n) is 5.55. The van der Waals surface area contributed by atoms with Crippen LogP contribution in [0.1, 0.15) is 20.9 Å². The van der Waals surface area contributed by atoms with E-state index in [0.29, 0.717) is 16.4 Å². The fourth-order valence-corrected chi connectivity index (χ4v) is 2.79. The maximum atomic E-state index is 12.0. The summed E-state index contributed by atoms with van der Waals surface area (Å²) < 4.78 is 11.2. The number of carbonyl (C=O) groups is 1. The van der Waals surface area contributed by atoms with Crippen molar-refractivity contribution in [2.24, 2.45) is 0 Å². The lowest BCUT2D eigenvalue weighted by molar-refractivity contribution is 0.102. The molecule has 2 rings (SSSR count). The van der Waals surface area contributed by atoms with Gasteiger partial charge in [-0.05, 0) is 24.6 Å². The number of benzene rings is 1. The second kappa shape index (κ2) is 6.03. The van der Waals surface area contributed by atoms with Crippen molar-refractivity contribution < 1.29 is 9.00 Å². The van der Waals surface area contributed by atoms with E-state index in [2.05, 4.69) is 15.5 Å². The molecule has 1 aromatic heterocycles. The highest BCUT2D eigenvalue weighted by Crippen LogP contribution is 2.15. The van der Waals surface area contributed by atoms with Crippen molar-refractivity contribution in [3.8, 4) is 0 Å². The zero-order valence-electron chi connectivity index (χ0n) is 10.5. The molecule has 1 N–H and O–H groups in total. The van der Waals surface area contributed by atoms with Gasteiger partial charge in [-0.1, -0.05) is 23.5 Å². The molecule has 0 saturated heterocycles. The zero-order valence-corrected chi connectivity index (χ0v) is 12.2. The summed E-state index contributed by atoms with van der Waals surface area (Å²) in [5, 5.41) is 11.6. The van der Waals surface area contributed by atoms with Gasteiger partial charge in [0.25, 0.3) is 5.91 Å². The first kappa shape index (κ1) is 13.8. The third kappa shape index (κ3) is 3.93. The summed E-state index contributed by atoms with van der Waals surface area (Å²) in [6, 6.07) is 7.09. The summed E-state index contributed by atoms with van der Waals surface area (Å²) in [6.07, 6.45) is 1.64. The summed E-state index contributed by atoms with van der Waals surface area (Å²) in [7, 11) is -0.925. The van der Waals surface area contributed by atoms with Crippen molar-refractivity contribution in [2.75, 3.05) is 11.6 Å². The van der Waals surface area contributed by atoms with Gasteiger partial charge in [0.1, 0.15) is 5.01 Å². The van der Waals surface area contributed by atoms with Gasteiger partial charge in [-0.25, -0.2) is 0 Å². The number of hydrogen-bond donors (Lipinski definition) is 1. The number of rotatable bonds is 4. The van der Waals surface area contributed by atoms with Crippen molar-refractivity contribution >= 4 is 33.2 Å². The molecule has 0 aliphatic carbocycles. The molecule has 1 aromatic carbocycles. The van der Waals surface area contributed by atoms with Crippen molar-refractivity contribution in [1.82, 2.24) is 10.2 Å². The molecule has 7 heteroatoms. The normalized spacial score (nSPS) is 12.1. The SMILES string of the molecule is Cc1nnc(NC(=O)c2cccc(CS(C)=O)c2)s1. The van der Waals surface area contributed by atoms with Gasteiger partial charge in [0.05, 0.1) is 0 Å². The Kier molecular flexibility index (Phi) is 4.39. The molecule has 0 aliphatic rings. The quantitative estimate of drug-likeness (QED) is 0.936. The second-order valence-corrected chi connectivity index (χ2v) is 6.61. The molecule has 1 heterocycles. The molecule has 2 aromatic rings. The molecule has 100 valence electrons. The first-order chi connectivity index (χ1) is 9.04. The lowest BCUT2D eigenvalue weighted by atomic mass is 10.1. The van der Waals surface area contributed by atoms with E-state index in [0.717, 1.165) is 10.6 Å². The highest BCUT2D eigenvalue weighted by molar-refractivity contribution is 7.83. The van der Waals surface area contributed by atoms with Crippen LogP contribution in [0.4, 0.5) is 5.13 Å². The van der Waals surface area contributed by atoms with Crippen LogP contribution in [0.5, 0.6) is 0 Å². The largest absolute Gasteiger partial charge is 0.296 e. The number of nitrogens with one attached hydrogen (secondary N) is 1. The third-order valence-electron chi connectivity index (χ3n) is 2.31. The van der Waals surface area contributed by atoms with Crippen LogP contribution >= 0.6 is 11.3 Å². The van der Waals surface area contributed by atoms with E-state index in [-0.39, 0.29) is 5.91 Å². The van der Waals surface area contributed by atoms with Crippen molar-refractivity contribution in [3.05, 3.63) is 40.4 Å². The lowest BCUT2D eigenvalue weighted by Gasteiger charge is -2.03. The third-order valence-corrected chi connectivity index (χ3v) is 3.80. The highest BCUT2D eigenvalue weighted by Gasteiger charge is 2.09. The van der Waals surface area contributed by atoms with Gasteiger partial charge in [0.15, 0.2) is 0 Å². The van der Waals surface area contributed by atoms with E-state index in [1.54, 1.807) is 24.5 Å². The van der Waals surface area contributed by atoms with Crippen LogP contribution in [0.3, 0.4) is 0 Å². The van der Waals surface area contributed by atoms with E-state index in [1.165, 1.54) is 11.3 Å². The van der Waals surface area contributed by atoms with E-state index in [4.69, 9.17) is 0 Å². The van der Waals surface area contributed by atoms with Crippen LogP contribution in [0.2, 0.25) is 0 Å². The van der Waals surface area contributed by atoms with Gasteiger partial charge < -0.3 is 0 Å². The Labute approximate surface area is 117 Å². The Morgan fingerprint density at radius 3 is 2.84 bits per heavy atom. The maximum absolute atomic E-state index is 12.0. The highest BCUT2D eigenvalue weighted by atomic mass is 32.2. The molecule has 1 amide bonds. The topological polar surface area (TPSA) is 72.0 Å². The van der Waals surface area contributed by atoms with Crippen LogP contribution in [0.25, 0.3) is 0 Å². The summed E-state index contributed by atoms with van der Waals surface area (Å²) in [6.45, 7) is 1.82. The maximum Gasteiger partial charge on any atom is 0.257 e. The van der Waals surface area contributed by atoms with Crippen molar-refractivity contribution in [1.29, 1.82) is 0 Å². The smallest absolute Gasteiger partial charge is 0.257 e. The first-order valence-corrected chi connectivity index (χ1v) is 8.09. The molecule has 19 heavy (non-hydrogen) atoms. The molecule has 0 radical (unpaired) electrons. The molecule has 0 bridgehead atoms. The molecular weight excluding hydrogens is 282 g/mol. The van der Waals surface area contributed by atoms with Gasteiger partial charge in [-0.2, -0.15) is 0 Å². The Morgan fingerprint density at radius 2 is 2.21 bits per heavy atom. The fraction of sp³-hybridized carbons (Fsp3) is 0.250. The zero-order chi connectivity index (χ0) is 13.8. The summed E-state index contributed by atoms with van der Waals surface area (Å²) in [5.41, 5.74) is 1.40. The summed E-state index contributed by atoms with van der Waals surface area (Å²) in [5.74, 6) is 0.207. The van der Waals surface area contributed by atoms with Crippen LogP contribution in [0, 0.1) is 6.92 Å². The van der Waals surface area contributed by atoms with E-state index < -0.39 is 10.8 Å². The predicted octanol–water partition coefficient (Wildman–Crippen LogP) is 1.98. The number of amides is 1. The van der Waals surface area contributed by atoms with E-state index >= 15 is 0 Å². The van der Waals surface area contributed by atoms with E-state index in [1.807, 2.05) is 13.0 Å². The van der Waals surface area contributed by atoms with Crippen LogP contribution in [0.15, 0.2) is 24.3 Å². The Morgan fingerprint density at radius 1 is 1.42 bits per heavy atom. The lowest BCUT2D eigenvalue weighted by Crippen LogP contribution is -2.12. The molecule has 1 unspecified atom stereocenters. The van der Waals surface area contributed by atoms with Gasteiger partial charge >= 0.3 is 0 Å². The van der Waals surface area contributed by atoms with Crippen LogP contribution < -0.4 is 5.32 Å². The summed E-state index contributed by atoms with van der Waals surface area (Å²) in [4.78, 5) is 12.0. The Bertz CT molecular complexity index is 625. The number of aryl methyl sites for hydroxylation is 1. The van der Waals surface area contributed by atoms with E-state index in [9.17, 15) is 9.00 Å². The van der Waals surface area contributed by atoms with Crippen molar-refractivity contribution in [2.45, 2.75) is 12.7 Å². The van der Waals surface area contributed by atoms with Crippen molar-refractivity contribution in [3.63, 3.8) is 0 Å². The minimum Gasteiger partial charge on any atom is -0.296 e. The fourth-order valence-electron chi connectivity index (χ4n) is 1.55. The molecular formula is C12H13N3O2S2. The molecule has 1 atom stereocenters. The molecule has 5 nitrogen and oxygen atoms in total. The number of hydrogen-bond acceptors (Lipinski definition) is 5. The average molecular weight is 295 g/mol. The van der Waals surface area contributed by atoms with Crippen LogP contribution in [-0.2, 0) is 16.6 Å².